The highest BCUT2D eigenvalue weighted by Gasteiger charge is 2.33. The van der Waals surface area contributed by atoms with Gasteiger partial charge < -0.3 is 15.2 Å². The van der Waals surface area contributed by atoms with Gasteiger partial charge in [-0.1, -0.05) is 0 Å². The number of aromatic nitrogens is 2. The van der Waals surface area contributed by atoms with Crippen LogP contribution >= 0.6 is 0 Å². The number of nitrogens with zero attached hydrogens (tertiary/aromatic N) is 2. The zero-order valence-corrected chi connectivity index (χ0v) is 13.8. The number of aryl methyl sites for hydroxylation is 2. The van der Waals surface area contributed by atoms with Gasteiger partial charge in [0.15, 0.2) is 0 Å². The third-order valence-electron chi connectivity index (χ3n) is 4.38. The molecule has 0 unspecified atom stereocenters. The fourth-order valence-electron chi connectivity index (χ4n) is 2.98. The van der Waals surface area contributed by atoms with Crippen molar-refractivity contribution < 1.29 is 18.4 Å². The van der Waals surface area contributed by atoms with Gasteiger partial charge >= 0.3 is 0 Å². The molecule has 0 spiro atoms. The molecular formula is C17H18F2N4O2. The van der Waals surface area contributed by atoms with Gasteiger partial charge in [-0.25, -0.2) is 13.8 Å². The lowest BCUT2D eigenvalue weighted by atomic mass is 9.95. The minimum Gasteiger partial charge on any atom is -0.347 e. The highest BCUT2D eigenvalue weighted by atomic mass is 19.1. The van der Waals surface area contributed by atoms with Gasteiger partial charge in [0.2, 0.25) is 5.91 Å². The number of hydrogen-bond donors (Lipinski definition) is 2. The van der Waals surface area contributed by atoms with Crippen LogP contribution in [0.1, 0.15) is 40.5 Å². The number of rotatable bonds is 3. The Bertz CT molecular complexity index is 834. The number of imidazole rings is 1. The average Bonchev–Trinajstić information content (AvgIpc) is 2.98. The van der Waals surface area contributed by atoms with Gasteiger partial charge in [0.05, 0.1) is 35.9 Å². The summed E-state index contributed by atoms with van der Waals surface area (Å²) in [7, 11) is 1.78. The third kappa shape index (κ3) is 3.38. The summed E-state index contributed by atoms with van der Waals surface area (Å²) in [5.74, 6) is -2.39. The minimum atomic E-state index is -0.919. The van der Waals surface area contributed by atoms with Gasteiger partial charge in [0.25, 0.3) is 5.91 Å². The zero-order chi connectivity index (χ0) is 18.1. The summed E-state index contributed by atoms with van der Waals surface area (Å²) in [6.07, 6.45) is 3.87. The van der Waals surface area contributed by atoms with Gasteiger partial charge in [-0.3, -0.25) is 9.59 Å². The molecule has 1 saturated heterocycles. The summed E-state index contributed by atoms with van der Waals surface area (Å²) in [6.45, 7) is 1.46. The SMILES string of the molecule is Cc1cc(C(=O)N[C@@H]2CCC(=O)N[C@H]2c2cncn2C)c(F)cc1F. The van der Waals surface area contributed by atoms with Gasteiger partial charge in [0.1, 0.15) is 11.6 Å². The molecular weight excluding hydrogens is 330 g/mol. The van der Waals surface area contributed by atoms with Gasteiger partial charge in [0, 0.05) is 19.5 Å². The molecule has 132 valence electrons. The monoisotopic (exact) mass is 348 g/mol. The first-order valence-corrected chi connectivity index (χ1v) is 7.89. The van der Waals surface area contributed by atoms with Crippen LogP contribution in [0.4, 0.5) is 8.78 Å². The van der Waals surface area contributed by atoms with E-state index in [0.717, 1.165) is 5.69 Å². The molecule has 1 fully saturated rings. The molecule has 2 N–H and O–H groups in total. The Morgan fingerprint density at radius 2 is 2.12 bits per heavy atom. The minimum absolute atomic E-state index is 0.125. The maximum absolute atomic E-state index is 13.9. The first-order valence-electron chi connectivity index (χ1n) is 7.89. The third-order valence-corrected chi connectivity index (χ3v) is 4.38. The molecule has 0 saturated carbocycles. The normalized spacial score (nSPS) is 20.2. The van der Waals surface area contributed by atoms with Crippen molar-refractivity contribution in [3.63, 3.8) is 0 Å². The summed E-state index contributed by atoms with van der Waals surface area (Å²) >= 11 is 0. The molecule has 2 atom stereocenters. The number of nitrogens with one attached hydrogen (secondary N) is 2. The first kappa shape index (κ1) is 17.1. The Labute approximate surface area is 143 Å². The molecule has 3 rings (SSSR count). The second-order valence-corrected chi connectivity index (χ2v) is 6.17. The Morgan fingerprint density at radius 3 is 2.80 bits per heavy atom. The topological polar surface area (TPSA) is 76.0 Å². The number of amides is 2. The molecule has 1 aromatic carbocycles. The molecule has 1 aromatic heterocycles. The number of benzene rings is 1. The number of halogens is 2. The van der Waals surface area contributed by atoms with Crippen molar-refractivity contribution in [2.45, 2.75) is 31.8 Å². The van der Waals surface area contributed by atoms with Crippen LogP contribution in [0.2, 0.25) is 0 Å². The molecule has 0 aliphatic carbocycles. The van der Waals surface area contributed by atoms with Crippen molar-refractivity contribution in [2.75, 3.05) is 0 Å². The smallest absolute Gasteiger partial charge is 0.254 e. The molecule has 0 bridgehead atoms. The molecule has 1 aliphatic heterocycles. The van der Waals surface area contributed by atoms with E-state index in [1.165, 1.54) is 13.0 Å². The van der Waals surface area contributed by atoms with E-state index in [4.69, 9.17) is 0 Å². The van der Waals surface area contributed by atoms with E-state index in [-0.39, 0.29) is 23.5 Å². The Balaban J connectivity index is 1.85. The quantitative estimate of drug-likeness (QED) is 0.887. The second kappa shape index (κ2) is 6.62. The largest absolute Gasteiger partial charge is 0.347 e. The number of carbonyl (C=O) groups is 2. The predicted molar refractivity (Wildman–Crippen MR) is 85.7 cm³/mol. The summed E-state index contributed by atoms with van der Waals surface area (Å²) in [4.78, 5) is 28.3. The van der Waals surface area contributed by atoms with Crippen molar-refractivity contribution in [3.8, 4) is 0 Å². The van der Waals surface area contributed by atoms with Gasteiger partial charge in [-0.2, -0.15) is 0 Å². The van der Waals surface area contributed by atoms with Gasteiger partial charge in [-0.05, 0) is 25.0 Å². The first-order chi connectivity index (χ1) is 11.9. The summed E-state index contributed by atoms with van der Waals surface area (Å²) in [5, 5.41) is 5.58. The van der Waals surface area contributed by atoms with E-state index < -0.39 is 29.6 Å². The van der Waals surface area contributed by atoms with Crippen molar-refractivity contribution in [3.05, 3.63) is 53.1 Å². The lowest BCUT2D eigenvalue weighted by Gasteiger charge is -2.33. The number of piperidine rings is 1. The Kier molecular flexibility index (Phi) is 4.52. The molecule has 0 radical (unpaired) electrons. The van der Waals surface area contributed by atoms with Crippen LogP contribution in [0.3, 0.4) is 0 Å². The van der Waals surface area contributed by atoms with Gasteiger partial charge in [-0.15, -0.1) is 0 Å². The van der Waals surface area contributed by atoms with Crippen molar-refractivity contribution >= 4 is 11.8 Å². The summed E-state index contributed by atoms with van der Waals surface area (Å²) < 4.78 is 29.1. The van der Waals surface area contributed by atoms with E-state index in [1.54, 1.807) is 24.1 Å². The summed E-state index contributed by atoms with van der Waals surface area (Å²) in [5.41, 5.74) is 0.695. The average molecular weight is 348 g/mol. The Hall–Kier alpha value is -2.77. The fraction of sp³-hybridized carbons (Fsp3) is 0.353. The van der Waals surface area contributed by atoms with Crippen molar-refractivity contribution in [2.24, 2.45) is 7.05 Å². The van der Waals surface area contributed by atoms with Crippen LogP contribution in [0.25, 0.3) is 0 Å². The van der Waals surface area contributed by atoms with E-state index in [0.29, 0.717) is 12.5 Å². The number of carbonyl (C=O) groups excluding carboxylic acids is 2. The zero-order valence-electron chi connectivity index (χ0n) is 13.8. The summed E-state index contributed by atoms with van der Waals surface area (Å²) in [6, 6.07) is 0.985. The maximum Gasteiger partial charge on any atom is 0.254 e. The molecule has 2 aromatic rings. The molecule has 2 heterocycles. The van der Waals surface area contributed by atoms with E-state index >= 15 is 0 Å². The predicted octanol–water partition coefficient (Wildman–Crippen LogP) is 1.76. The van der Waals surface area contributed by atoms with Crippen molar-refractivity contribution in [1.29, 1.82) is 0 Å². The molecule has 6 nitrogen and oxygen atoms in total. The van der Waals surface area contributed by atoms with E-state index in [9.17, 15) is 18.4 Å². The number of hydrogen-bond acceptors (Lipinski definition) is 3. The van der Waals surface area contributed by atoms with E-state index in [1.807, 2.05) is 0 Å². The van der Waals surface area contributed by atoms with E-state index in [2.05, 4.69) is 15.6 Å². The van der Waals surface area contributed by atoms with Crippen LogP contribution < -0.4 is 10.6 Å². The highest BCUT2D eigenvalue weighted by Crippen LogP contribution is 2.24. The van der Waals surface area contributed by atoms with Crippen LogP contribution in [-0.2, 0) is 11.8 Å². The lowest BCUT2D eigenvalue weighted by Crippen LogP contribution is -2.50. The maximum atomic E-state index is 13.9. The second-order valence-electron chi connectivity index (χ2n) is 6.17. The molecule has 2 amide bonds. The van der Waals surface area contributed by atoms with Crippen LogP contribution in [-0.4, -0.2) is 27.4 Å². The van der Waals surface area contributed by atoms with Crippen LogP contribution in [0, 0.1) is 18.6 Å². The van der Waals surface area contributed by atoms with Crippen LogP contribution in [0.5, 0.6) is 0 Å². The fourth-order valence-corrected chi connectivity index (χ4v) is 2.98. The molecule has 25 heavy (non-hydrogen) atoms. The highest BCUT2D eigenvalue weighted by molar-refractivity contribution is 5.95. The van der Waals surface area contributed by atoms with Crippen LogP contribution in [0.15, 0.2) is 24.7 Å². The molecule has 8 heteroatoms. The molecule has 1 aliphatic rings. The standard InChI is InChI=1S/C17H18F2N4O2/c1-9-5-10(12(19)6-11(9)18)17(25)21-13-3-4-15(24)22-16(13)14-7-20-8-23(14)2/h5-8,13,16H,3-4H2,1-2H3,(H,21,25)(H,22,24)/t13-,16-/m1/s1. The lowest BCUT2D eigenvalue weighted by molar-refractivity contribution is -0.123. The van der Waals surface area contributed by atoms with Crippen molar-refractivity contribution in [1.82, 2.24) is 20.2 Å². The Morgan fingerprint density at radius 1 is 1.36 bits per heavy atom.